The summed E-state index contributed by atoms with van der Waals surface area (Å²) in [4.78, 5) is 17.7. The third-order valence-corrected chi connectivity index (χ3v) is 6.98. The van der Waals surface area contributed by atoms with E-state index in [9.17, 15) is 4.79 Å². The number of carbonyl (C=O) groups is 1. The van der Waals surface area contributed by atoms with Crippen LogP contribution in [0.2, 0.25) is 0 Å². The maximum Gasteiger partial charge on any atom is 0.227 e. The molecule has 1 N–H and O–H groups in total. The van der Waals surface area contributed by atoms with E-state index in [0.717, 1.165) is 46.5 Å². The lowest BCUT2D eigenvalue weighted by Crippen LogP contribution is -2.31. The Bertz CT molecular complexity index is 1190. The van der Waals surface area contributed by atoms with Crippen LogP contribution in [0.4, 0.5) is 5.95 Å². The minimum Gasteiger partial charge on any atom is -0.328 e. The SMILES string of the molecule is Cc1ccc(C2C3=C(CCCC3=O)Nc3nc(SCc4ccc(C)cc4C)nn32)cc1. The Labute approximate surface area is 187 Å². The Kier molecular flexibility index (Phi) is 5.18. The molecule has 1 aromatic heterocycles. The number of anilines is 1. The summed E-state index contributed by atoms with van der Waals surface area (Å²) >= 11 is 1.63. The number of ketones is 1. The van der Waals surface area contributed by atoms with Gasteiger partial charge in [0.05, 0.1) is 0 Å². The molecule has 0 saturated heterocycles. The monoisotopic (exact) mass is 430 g/mol. The van der Waals surface area contributed by atoms with E-state index < -0.39 is 0 Å². The Morgan fingerprint density at radius 1 is 1.06 bits per heavy atom. The van der Waals surface area contributed by atoms with Gasteiger partial charge < -0.3 is 5.32 Å². The molecule has 2 aromatic carbocycles. The number of rotatable bonds is 4. The fourth-order valence-corrected chi connectivity index (χ4v) is 5.31. The predicted molar refractivity (Wildman–Crippen MR) is 124 cm³/mol. The summed E-state index contributed by atoms with van der Waals surface area (Å²) in [5.74, 6) is 1.75. The van der Waals surface area contributed by atoms with Gasteiger partial charge in [-0.25, -0.2) is 4.68 Å². The van der Waals surface area contributed by atoms with Crippen molar-refractivity contribution in [2.75, 3.05) is 5.32 Å². The average Bonchev–Trinajstić information content (AvgIpc) is 3.15. The van der Waals surface area contributed by atoms with Crippen LogP contribution in [0.25, 0.3) is 0 Å². The molecule has 0 fully saturated rings. The zero-order valence-corrected chi connectivity index (χ0v) is 18.9. The molecule has 3 aromatic rings. The highest BCUT2D eigenvalue weighted by Gasteiger charge is 2.36. The molecule has 1 aliphatic carbocycles. The number of hydrogen-bond donors (Lipinski definition) is 1. The fraction of sp³-hybridized carbons (Fsp3) is 0.320. The minimum absolute atomic E-state index is 0.213. The second-order valence-corrected chi connectivity index (χ2v) is 9.43. The van der Waals surface area contributed by atoms with Gasteiger partial charge in [0.25, 0.3) is 0 Å². The van der Waals surface area contributed by atoms with Gasteiger partial charge in [-0.15, -0.1) is 5.10 Å². The first kappa shape index (κ1) is 20.1. The van der Waals surface area contributed by atoms with Crippen molar-refractivity contribution >= 4 is 23.5 Å². The van der Waals surface area contributed by atoms with Crippen LogP contribution in [0.5, 0.6) is 0 Å². The molecule has 2 aliphatic rings. The van der Waals surface area contributed by atoms with Gasteiger partial charge in [0.1, 0.15) is 6.04 Å². The standard InChI is InChI=1S/C25H26N4OS/c1-15-7-10-18(11-8-15)23-22-20(5-4-6-21(22)30)26-24-27-25(28-29(23)24)31-14-19-12-9-16(2)13-17(19)3/h7-13,23H,4-6,14H2,1-3H3,(H,26,27,28). The number of hydrogen-bond acceptors (Lipinski definition) is 5. The van der Waals surface area contributed by atoms with E-state index in [4.69, 9.17) is 10.1 Å². The number of fused-ring (bicyclic) bond motifs is 1. The Morgan fingerprint density at radius 3 is 2.61 bits per heavy atom. The molecule has 0 saturated carbocycles. The molecule has 6 heteroatoms. The predicted octanol–water partition coefficient (Wildman–Crippen LogP) is 5.52. The number of aromatic nitrogens is 3. The van der Waals surface area contributed by atoms with Gasteiger partial charge in [0.2, 0.25) is 11.1 Å². The summed E-state index contributed by atoms with van der Waals surface area (Å²) in [6, 6.07) is 14.7. The molecule has 2 heterocycles. The smallest absolute Gasteiger partial charge is 0.227 e. The second-order valence-electron chi connectivity index (χ2n) is 8.49. The van der Waals surface area contributed by atoms with Gasteiger partial charge in [0.15, 0.2) is 5.78 Å². The number of thioether (sulfide) groups is 1. The number of aryl methyl sites for hydroxylation is 3. The quantitative estimate of drug-likeness (QED) is 0.553. The highest BCUT2D eigenvalue weighted by Crippen LogP contribution is 2.40. The van der Waals surface area contributed by atoms with Crippen molar-refractivity contribution in [2.45, 2.75) is 57.0 Å². The van der Waals surface area contributed by atoms with Crippen LogP contribution in [0, 0.1) is 20.8 Å². The van der Waals surface area contributed by atoms with Crippen molar-refractivity contribution in [3.63, 3.8) is 0 Å². The van der Waals surface area contributed by atoms with Gasteiger partial charge in [0, 0.05) is 23.4 Å². The van der Waals surface area contributed by atoms with E-state index in [2.05, 4.69) is 68.6 Å². The van der Waals surface area contributed by atoms with Crippen LogP contribution in [0.15, 0.2) is 58.9 Å². The van der Waals surface area contributed by atoms with Crippen LogP contribution in [-0.4, -0.2) is 20.5 Å². The topological polar surface area (TPSA) is 59.8 Å². The van der Waals surface area contributed by atoms with Crippen molar-refractivity contribution < 1.29 is 4.79 Å². The van der Waals surface area contributed by atoms with Crippen LogP contribution in [0.3, 0.4) is 0 Å². The number of benzene rings is 2. The van der Waals surface area contributed by atoms with Gasteiger partial charge in [-0.2, -0.15) is 4.98 Å². The third-order valence-electron chi connectivity index (χ3n) is 6.10. The molecule has 1 aliphatic heterocycles. The maximum atomic E-state index is 12.9. The van der Waals surface area contributed by atoms with Crippen molar-refractivity contribution in [1.82, 2.24) is 14.8 Å². The van der Waals surface area contributed by atoms with E-state index >= 15 is 0 Å². The van der Waals surface area contributed by atoms with Crippen molar-refractivity contribution in [3.8, 4) is 0 Å². The average molecular weight is 431 g/mol. The molecule has 0 amide bonds. The second kappa shape index (κ2) is 8.00. The molecular weight excluding hydrogens is 404 g/mol. The van der Waals surface area contributed by atoms with E-state index in [1.54, 1.807) is 11.8 Å². The molecular formula is C25H26N4OS. The van der Waals surface area contributed by atoms with E-state index in [1.807, 2.05) is 4.68 Å². The van der Waals surface area contributed by atoms with Crippen molar-refractivity contribution in [3.05, 3.63) is 81.6 Å². The molecule has 31 heavy (non-hydrogen) atoms. The summed E-state index contributed by atoms with van der Waals surface area (Å²) in [5.41, 5.74) is 7.98. The van der Waals surface area contributed by atoms with Crippen LogP contribution in [0.1, 0.15) is 53.1 Å². The molecule has 0 spiro atoms. The van der Waals surface area contributed by atoms with Crippen molar-refractivity contribution in [2.24, 2.45) is 0 Å². The zero-order chi connectivity index (χ0) is 21.5. The third kappa shape index (κ3) is 3.81. The Balaban J connectivity index is 1.49. The number of nitrogens with zero attached hydrogens (tertiary/aromatic N) is 3. The number of allylic oxidation sites excluding steroid dienone is 2. The fourth-order valence-electron chi connectivity index (χ4n) is 4.40. The summed E-state index contributed by atoms with van der Waals surface area (Å²) in [6.07, 6.45) is 2.36. The lowest BCUT2D eigenvalue weighted by molar-refractivity contribution is -0.116. The largest absolute Gasteiger partial charge is 0.328 e. The van der Waals surface area contributed by atoms with Gasteiger partial charge in [-0.3, -0.25) is 4.79 Å². The molecule has 1 atom stereocenters. The van der Waals surface area contributed by atoms with Crippen LogP contribution >= 0.6 is 11.8 Å². The summed E-state index contributed by atoms with van der Waals surface area (Å²) in [6.45, 7) is 6.33. The highest BCUT2D eigenvalue weighted by molar-refractivity contribution is 7.98. The Hall–Kier alpha value is -2.86. The highest BCUT2D eigenvalue weighted by atomic mass is 32.2. The number of Topliss-reactive ketones (excluding diaryl/α,β-unsaturated/α-hetero) is 1. The summed E-state index contributed by atoms with van der Waals surface area (Å²) < 4.78 is 1.90. The van der Waals surface area contributed by atoms with Crippen LogP contribution in [-0.2, 0) is 10.5 Å². The normalized spacial score (nSPS) is 17.9. The van der Waals surface area contributed by atoms with Crippen LogP contribution < -0.4 is 5.32 Å². The lowest BCUT2D eigenvalue weighted by Gasteiger charge is -2.32. The van der Waals surface area contributed by atoms with E-state index in [1.165, 1.54) is 22.3 Å². The first-order valence-corrected chi connectivity index (χ1v) is 11.7. The van der Waals surface area contributed by atoms with Gasteiger partial charge >= 0.3 is 0 Å². The Morgan fingerprint density at radius 2 is 1.84 bits per heavy atom. The van der Waals surface area contributed by atoms with Gasteiger partial charge in [-0.1, -0.05) is 65.4 Å². The first-order valence-electron chi connectivity index (χ1n) is 10.7. The minimum atomic E-state index is -0.220. The zero-order valence-electron chi connectivity index (χ0n) is 18.1. The lowest BCUT2D eigenvalue weighted by atomic mass is 9.85. The number of carbonyl (C=O) groups excluding carboxylic acids is 1. The summed E-state index contributed by atoms with van der Waals surface area (Å²) in [7, 11) is 0. The molecule has 5 nitrogen and oxygen atoms in total. The molecule has 5 rings (SSSR count). The first-order chi connectivity index (χ1) is 15.0. The molecule has 0 radical (unpaired) electrons. The summed E-state index contributed by atoms with van der Waals surface area (Å²) in [5, 5.41) is 8.98. The van der Waals surface area contributed by atoms with Gasteiger partial charge in [-0.05, 0) is 50.3 Å². The van der Waals surface area contributed by atoms with Crippen molar-refractivity contribution in [1.29, 1.82) is 0 Å². The molecule has 1 unspecified atom stereocenters. The molecule has 0 bridgehead atoms. The van der Waals surface area contributed by atoms with E-state index in [-0.39, 0.29) is 11.8 Å². The maximum absolute atomic E-state index is 12.9. The molecule has 158 valence electrons. The van der Waals surface area contributed by atoms with E-state index in [0.29, 0.717) is 6.42 Å². The number of nitrogens with one attached hydrogen (secondary N) is 1.